The highest BCUT2D eigenvalue weighted by atomic mass is 32.2. The first kappa shape index (κ1) is 23.3. The Bertz CT molecular complexity index is 1250. The minimum absolute atomic E-state index is 0.147. The van der Waals surface area contributed by atoms with E-state index in [2.05, 4.69) is 70.6 Å². The van der Waals surface area contributed by atoms with Crippen molar-refractivity contribution in [3.8, 4) is 17.1 Å². The van der Waals surface area contributed by atoms with Gasteiger partial charge in [0.05, 0.1) is 5.75 Å². The van der Waals surface area contributed by atoms with Crippen LogP contribution in [0.2, 0.25) is 0 Å². The molecule has 0 unspecified atom stereocenters. The third kappa shape index (κ3) is 5.63. The van der Waals surface area contributed by atoms with Crippen LogP contribution in [0.1, 0.15) is 11.1 Å². The minimum atomic E-state index is 0.147. The van der Waals surface area contributed by atoms with Crippen LogP contribution in [0.3, 0.4) is 0 Å². The Kier molecular flexibility index (Phi) is 7.25. The molecule has 0 aliphatic carbocycles. The molecule has 3 aromatic carbocycles. The van der Waals surface area contributed by atoms with Crippen molar-refractivity contribution < 1.29 is 4.79 Å². The van der Waals surface area contributed by atoms with Gasteiger partial charge in [-0.25, -0.2) is 0 Å². The first-order chi connectivity index (χ1) is 17.2. The van der Waals surface area contributed by atoms with Crippen LogP contribution in [0.15, 0.2) is 90.1 Å². The third-order valence-electron chi connectivity index (χ3n) is 6.26. The Morgan fingerprint density at radius 3 is 2.17 bits per heavy atom. The van der Waals surface area contributed by atoms with Gasteiger partial charge < -0.3 is 4.90 Å². The van der Waals surface area contributed by atoms with Gasteiger partial charge in [-0.05, 0) is 24.6 Å². The van der Waals surface area contributed by atoms with Gasteiger partial charge in [-0.2, -0.15) is 0 Å². The second-order valence-corrected chi connectivity index (χ2v) is 9.72. The van der Waals surface area contributed by atoms with Gasteiger partial charge in [0.1, 0.15) is 0 Å². The fourth-order valence-corrected chi connectivity index (χ4v) is 5.13. The number of carbonyl (C=O) groups excluding carboxylic acids is 1. The molecule has 4 aromatic rings. The van der Waals surface area contributed by atoms with E-state index < -0.39 is 0 Å². The second kappa shape index (κ2) is 10.9. The average Bonchev–Trinajstić information content (AvgIpc) is 3.33. The van der Waals surface area contributed by atoms with Crippen molar-refractivity contribution in [1.29, 1.82) is 0 Å². The van der Waals surface area contributed by atoms with E-state index in [0.29, 0.717) is 5.75 Å². The second-order valence-electron chi connectivity index (χ2n) is 8.77. The Labute approximate surface area is 210 Å². The molecule has 1 fully saturated rings. The summed E-state index contributed by atoms with van der Waals surface area (Å²) >= 11 is 1.45. The topological polar surface area (TPSA) is 54.3 Å². The van der Waals surface area contributed by atoms with Crippen LogP contribution in [0.25, 0.3) is 17.1 Å². The molecule has 0 saturated carbocycles. The van der Waals surface area contributed by atoms with Crippen LogP contribution in [-0.2, 0) is 11.3 Å². The Morgan fingerprint density at radius 1 is 0.829 bits per heavy atom. The monoisotopic (exact) mass is 483 g/mol. The summed E-state index contributed by atoms with van der Waals surface area (Å²) in [6.07, 6.45) is 0. The molecule has 1 saturated heterocycles. The fourth-order valence-electron chi connectivity index (χ4n) is 4.28. The van der Waals surface area contributed by atoms with Crippen LogP contribution in [0.5, 0.6) is 0 Å². The first-order valence-electron chi connectivity index (χ1n) is 11.9. The molecule has 5 rings (SSSR count). The summed E-state index contributed by atoms with van der Waals surface area (Å²) in [5, 5.41) is 9.68. The van der Waals surface area contributed by atoms with E-state index in [9.17, 15) is 4.79 Å². The quantitative estimate of drug-likeness (QED) is 0.357. The molecule has 2 heterocycles. The lowest BCUT2D eigenvalue weighted by atomic mass is 10.2. The predicted octanol–water partition coefficient (Wildman–Crippen LogP) is 4.68. The van der Waals surface area contributed by atoms with E-state index in [4.69, 9.17) is 0 Å². The molecule has 1 aliphatic rings. The number of piperazine rings is 1. The number of amides is 1. The lowest BCUT2D eigenvalue weighted by Crippen LogP contribution is -2.48. The molecule has 0 bridgehead atoms. The number of thioether (sulfide) groups is 1. The summed E-state index contributed by atoms with van der Waals surface area (Å²) in [5.41, 5.74) is 4.49. The molecule has 0 spiro atoms. The van der Waals surface area contributed by atoms with Crippen molar-refractivity contribution in [3.63, 3.8) is 0 Å². The van der Waals surface area contributed by atoms with Gasteiger partial charge in [-0.15, -0.1) is 10.2 Å². The maximum atomic E-state index is 13.0. The van der Waals surface area contributed by atoms with Gasteiger partial charge >= 0.3 is 0 Å². The molecule has 6 nitrogen and oxygen atoms in total. The van der Waals surface area contributed by atoms with Gasteiger partial charge in [0, 0.05) is 44.0 Å². The Balaban J connectivity index is 1.25. The maximum Gasteiger partial charge on any atom is 0.233 e. The number of aryl methyl sites for hydroxylation is 1. The number of aromatic nitrogens is 3. The summed E-state index contributed by atoms with van der Waals surface area (Å²) in [6.45, 7) is 6.30. The van der Waals surface area contributed by atoms with Crippen LogP contribution in [0, 0.1) is 6.92 Å². The van der Waals surface area contributed by atoms with E-state index >= 15 is 0 Å². The lowest BCUT2D eigenvalue weighted by molar-refractivity contribution is -0.130. The maximum absolute atomic E-state index is 13.0. The normalized spacial score (nSPS) is 14.3. The Morgan fingerprint density at radius 2 is 1.49 bits per heavy atom. The number of hydrogen-bond acceptors (Lipinski definition) is 5. The summed E-state index contributed by atoms with van der Waals surface area (Å²) in [5.74, 6) is 1.27. The molecule has 0 atom stereocenters. The van der Waals surface area contributed by atoms with E-state index in [1.807, 2.05) is 45.9 Å². The summed E-state index contributed by atoms with van der Waals surface area (Å²) in [7, 11) is 0. The first-order valence-corrected chi connectivity index (χ1v) is 12.9. The van der Waals surface area contributed by atoms with Gasteiger partial charge in [0.25, 0.3) is 0 Å². The fraction of sp³-hybridized carbons (Fsp3) is 0.250. The standard InChI is InChI=1S/C28H29N5OS/c1-22-12-14-25(15-13-22)33-27(24-10-6-3-7-11-24)29-30-28(33)35-21-26(34)32-18-16-31(17-19-32)20-23-8-4-2-5-9-23/h2-15H,16-21H2,1H3. The van der Waals surface area contributed by atoms with E-state index in [1.165, 1.54) is 22.9 Å². The van der Waals surface area contributed by atoms with Crippen LogP contribution < -0.4 is 0 Å². The zero-order chi connectivity index (χ0) is 24.0. The molecule has 0 N–H and O–H groups in total. The van der Waals surface area contributed by atoms with E-state index in [0.717, 1.165) is 55.0 Å². The number of carbonyl (C=O) groups is 1. The number of rotatable bonds is 7. The number of nitrogens with zero attached hydrogens (tertiary/aromatic N) is 5. The minimum Gasteiger partial charge on any atom is -0.339 e. The smallest absolute Gasteiger partial charge is 0.233 e. The number of hydrogen-bond donors (Lipinski definition) is 0. The molecular weight excluding hydrogens is 454 g/mol. The summed E-state index contributed by atoms with van der Waals surface area (Å²) < 4.78 is 2.05. The Hall–Kier alpha value is -3.42. The highest BCUT2D eigenvalue weighted by Crippen LogP contribution is 2.28. The highest BCUT2D eigenvalue weighted by molar-refractivity contribution is 7.99. The van der Waals surface area contributed by atoms with E-state index in [1.54, 1.807) is 0 Å². The third-order valence-corrected chi connectivity index (χ3v) is 7.17. The van der Waals surface area contributed by atoms with Crippen molar-refractivity contribution in [2.75, 3.05) is 31.9 Å². The molecule has 0 radical (unpaired) electrons. The van der Waals surface area contributed by atoms with Crippen molar-refractivity contribution in [3.05, 3.63) is 96.1 Å². The van der Waals surface area contributed by atoms with Gasteiger partial charge in [0.2, 0.25) is 5.91 Å². The molecular formula is C28H29N5OS. The van der Waals surface area contributed by atoms with Gasteiger partial charge in [-0.3, -0.25) is 14.3 Å². The molecule has 1 aliphatic heterocycles. The molecule has 1 amide bonds. The predicted molar refractivity (Wildman–Crippen MR) is 141 cm³/mol. The van der Waals surface area contributed by atoms with Crippen LogP contribution >= 0.6 is 11.8 Å². The lowest BCUT2D eigenvalue weighted by Gasteiger charge is -2.34. The van der Waals surface area contributed by atoms with Crippen LogP contribution in [0.4, 0.5) is 0 Å². The molecule has 7 heteroatoms. The van der Waals surface area contributed by atoms with Crippen molar-refractivity contribution in [2.24, 2.45) is 0 Å². The average molecular weight is 484 g/mol. The van der Waals surface area contributed by atoms with Gasteiger partial charge in [0.15, 0.2) is 11.0 Å². The van der Waals surface area contributed by atoms with Crippen LogP contribution in [-0.4, -0.2) is 62.4 Å². The van der Waals surface area contributed by atoms with E-state index in [-0.39, 0.29) is 5.91 Å². The molecule has 1 aromatic heterocycles. The van der Waals surface area contributed by atoms with Crippen molar-refractivity contribution >= 4 is 17.7 Å². The van der Waals surface area contributed by atoms with Crippen molar-refractivity contribution in [2.45, 2.75) is 18.6 Å². The zero-order valence-electron chi connectivity index (χ0n) is 19.9. The van der Waals surface area contributed by atoms with Crippen molar-refractivity contribution in [1.82, 2.24) is 24.6 Å². The SMILES string of the molecule is Cc1ccc(-n2c(SCC(=O)N3CCN(Cc4ccccc4)CC3)nnc2-c2ccccc2)cc1. The van der Waals surface area contributed by atoms with Gasteiger partial charge in [-0.1, -0.05) is 90.1 Å². The summed E-state index contributed by atoms with van der Waals surface area (Å²) in [6, 6.07) is 28.9. The molecule has 178 valence electrons. The highest BCUT2D eigenvalue weighted by Gasteiger charge is 2.23. The summed E-state index contributed by atoms with van der Waals surface area (Å²) in [4.78, 5) is 17.4. The molecule has 35 heavy (non-hydrogen) atoms. The zero-order valence-corrected chi connectivity index (χ0v) is 20.7. The number of benzene rings is 3. The largest absolute Gasteiger partial charge is 0.339 e.